The van der Waals surface area contributed by atoms with Crippen molar-refractivity contribution < 1.29 is 18.1 Å². The lowest BCUT2D eigenvalue weighted by Crippen LogP contribution is -2.12. The van der Waals surface area contributed by atoms with Gasteiger partial charge in [-0.05, 0) is 11.6 Å². The maximum atomic E-state index is 12.8. The summed E-state index contributed by atoms with van der Waals surface area (Å²) in [4.78, 5) is 17.1. The van der Waals surface area contributed by atoms with E-state index in [1.807, 2.05) is 0 Å². The molecular weight excluding hydrogens is 289 g/mol. The minimum Gasteiger partial charge on any atom is -0.350 e. The van der Waals surface area contributed by atoms with Gasteiger partial charge in [-0.2, -0.15) is 13.2 Å². The summed E-state index contributed by atoms with van der Waals surface area (Å²) in [5.41, 5.74) is -1.01. The standard InChI is InChI=1S/C12H9F3N4O2/c13-12(14,15)10-4-2-1-3-8(10)5-16-11-17-6-9(7-18-11)19(20)21/h1-4,6-7H,5H2,(H,16,17,18). The molecule has 0 bridgehead atoms. The molecule has 2 rings (SSSR count). The van der Waals surface area contributed by atoms with Crippen LogP contribution in [0.2, 0.25) is 0 Å². The second-order valence-corrected chi connectivity index (χ2v) is 4.03. The molecule has 0 radical (unpaired) electrons. The van der Waals surface area contributed by atoms with Crippen LogP contribution in [0.25, 0.3) is 0 Å². The molecule has 21 heavy (non-hydrogen) atoms. The molecule has 0 atom stereocenters. The van der Waals surface area contributed by atoms with Crippen molar-refractivity contribution in [3.05, 3.63) is 57.9 Å². The zero-order chi connectivity index (χ0) is 15.5. The van der Waals surface area contributed by atoms with Gasteiger partial charge in [0.25, 0.3) is 0 Å². The van der Waals surface area contributed by atoms with Crippen LogP contribution in [0.4, 0.5) is 24.8 Å². The van der Waals surface area contributed by atoms with E-state index in [9.17, 15) is 23.3 Å². The van der Waals surface area contributed by atoms with Gasteiger partial charge in [0.2, 0.25) is 5.95 Å². The van der Waals surface area contributed by atoms with E-state index in [1.165, 1.54) is 18.2 Å². The first kappa shape index (κ1) is 14.7. The zero-order valence-electron chi connectivity index (χ0n) is 10.5. The Labute approximate surface area is 116 Å². The molecule has 1 aromatic heterocycles. The number of benzene rings is 1. The lowest BCUT2D eigenvalue weighted by Gasteiger charge is -2.12. The Bertz CT molecular complexity index is 644. The van der Waals surface area contributed by atoms with Crippen LogP contribution in [-0.4, -0.2) is 14.9 Å². The van der Waals surface area contributed by atoms with E-state index < -0.39 is 16.7 Å². The smallest absolute Gasteiger partial charge is 0.350 e. The molecule has 0 aliphatic rings. The first-order chi connectivity index (χ1) is 9.88. The second-order valence-electron chi connectivity index (χ2n) is 4.03. The Balaban J connectivity index is 2.12. The maximum absolute atomic E-state index is 12.8. The molecule has 0 amide bonds. The van der Waals surface area contributed by atoms with Crippen molar-refractivity contribution in [3.8, 4) is 0 Å². The van der Waals surface area contributed by atoms with Crippen molar-refractivity contribution in [1.29, 1.82) is 0 Å². The number of rotatable bonds is 4. The monoisotopic (exact) mass is 298 g/mol. The van der Waals surface area contributed by atoms with Crippen LogP contribution in [0, 0.1) is 10.1 Å². The van der Waals surface area contributed by atoms with Gasteiger partial charge < -0.3 is 5.32 Å². The Morgan fingerprint density at radius 1 is 1.19 bits per heavy atom. The van der Waals surface area contributed by atoms with Crippen molar-refractivity contribution in [2.45, 2.75) is 12.7 Å². The van der Waals surface area contributed by atoms with Gasteiger partial charge in [-0.15, -0.1) is 0 Å². The van der Waals surface area contributed by atoms with Crippen LogP contribution in [0.3, 0.4) is 0 Å². The number of aromatic nitrogens is 2. The third kappa shape index (κ3) is 3.65. The summed E-state index contributed by atoms with van der Waals surface area (Å²) < 4.78 is 38.3. The average molecular weight is 298 g/mol. The van der Waals surface area contributed by atoms with Crippen LogP contribution >= 0.6 is 0 Å². The van der Waals surface area contributed by atoms with Gasteiger partial charge in [-0.25, -0.2) is 9.97 Å². The third-order valence-corrected chi connectivity index (χ3v) is 2.61. The van der Waals surface area contributed by atoms with E-state index in [2.05, 4.69) is 15.3 Å². The molecule has 0 spiro atoms. The molecule has 110 valence electrons. The normalized spacial score (nSPS) is 11.2. The molecular formula is C12H9F3N4O2. The summed E-state index contributed by atoms with van der Waals surface area (Å²) in [6.07, 6.45) is -2.50. The van der Waals surface area contributed by atoms with E-state index in [-0.39, 0.29) is 23.7 Å². The highest BCUT2D eigenvalue weighted by molar-refractivity contribution is 5.35. The predicted molar refractivity (Wildman–Crippen MR) is 67.5 cm³/mol. The number of hydrogen-bond acceptors (Lipinski definition) is 5. The molecule has 0 fully saturated rings. The molecule has 0 saturated heterocycles. The molecule has 1 aromatic carbocycles. The lowest BCUT2D eigenvalue weighted by molar-refractivity contribution is -0.385. The highest BCUT2D eigenvalue weighted by Gasteiger charge is 2.32. The second kappa shape index (κ2) is 5.73. The summed E-state index contributed by atoms with van der Waals surface area (Å²) in [7, 11) is 0. The predicted octanol–water partition coefficient (Wildman–Crippen LogP) is 3.02. The number of nitro groups is 1. The number of nitrogens with one attached hydrogen (secondary N) is 1. The summed E-state index contributed by atoms with van der Waals surface area (Å²) in [6, 6.07) is 5.10. The Kier molecular flexibility index (Phi) is 4.01. The van der Waals surface area contributed by atoms with Gasteiger partial charge in [-0.1, -0.05) is 18.2 Å². The highest BCUT2D eigenvalue weighted by atomic mass is 19.4. The SMILES string of the molecule is O=[N+]([O-])c1cnc(NCc2ccccc2C(F)(F)F)nc1. The van der Waals surface area contributed by atoms with Crippen molar-refractivity contribution in [3.63, 3.8) is 0 Å². The topological polar surface area (TPSA) is 81.0 Å². The van der Waals surface area contributed by atoms with Gasteiger partial charge >= 0.3 is 11.9 Å². The van der Waals surface area contributed by atoms with Gasteiger partial charge in [0.05, 0.1) is 10.5 Å². The number of hydrogen-bond donors (Lipinski definition) is 1. The van der Waals surface area contributed by atoms with E-state index in [0.29, 0.717) is 0 Å². The lowest BCUT2D eigenvalue weighted by atomic mass is 10.1. The largest absolute Gasteiger partial charge is 0.416 e. The minimum atomic E-state index is -4.45. The third-order valence-electron chi connectivity index (χ3n) is 2.61. The Morgan fingerprint density at radius 3 is 2.38 bits per heavy atom. The van der Waals surface area contributed by atoms with Crippen molar-refractivity contribution >= 4 is 11.6 Å². The molecule has 1 heterocycles. The molecule has 9 heteroatoms. The Morgan fingerprint density at radius 2 is 1.81 bits per heavy atom. The number of alkyl halides is 3. The van der Waals surface area contributed by atoms with E-state index in [1.54, 1.807) is 0 Å². The average Bonchev–Trinajstić information content (AvgIpc) is 2.45. The first-order valence-corrected chi connectivity index (χ1v) is 5.73. The molecule has 0 aliphatic heterocycles. The van der Waals surface area contributed by atoms with Crippen LogP contribution in [-0.2, 0) is 12.7 Å². The van der Waals surface area contributed by atoms with Crippen LogP contribution in [0.5, 0.6) is 0 Å². The molecule has 1 N–H and O–H groups in total. The summed E-state index contributed by atoms with van der Waals surface area (Å²) in [5.74, 6) is 0.0116. The zero-order valence-corrected chi connectivity index (χ0v) is 10.5. The van der Waals surface area contributed by atoms with E-state index in [0.717, 1.165) is 18.5 Å². The van der Waals surface area contributed by atoms with E-state index in [4.69, 9.17) is 0 Å². The number of halogens is 3. The fourth-order valence-corrected chi connectivity index (χ4v) is 1.63. The molecule has 0 aliphatic carbocycles. The fourth-order valence-electron chi connectivity index (χ4n) is 1.63. The summed E-state index contributed by atoms with van der Waals surface area (Å²) in [5, 5.41) is 13.0. The first-order valence-electron chi connectivity index (χ1n) is 5.73. The van der Waals surface area contributed by atoms with Gasteiger partial charge in [0.15, 0.2) is 0 Å². The molecule has 0 unspecified atom stereocenters. The minimum absolute atomic E-state index is 0.0116. The highest BCUT2D eigenvalue weighted by Crippen LogP contribution is 2.31. The van der Waals surface area contributed by atoms with Crippen LogP contribution in [0.1, 0.15) is 11.1 Å². The molecule has 2 aromatic rings. The van der Waals surface area contributed by atoms with Gasteiger partial charge in [-0.3, -0.25) is 10.1 Å². The summed E-state index contributed by atoms with van der Waals surface area (Å²) >= 11 is 0. The van der Waals surface area contributed by atoms with Crippen LogP contribution in [0.15, 0.2) is 36.7 Å². The van der Waals surface area contributed by atoms with Crippen molar-refractivity contribution in [2.75, 3.05) is 5.32 Å². The van der Waals surface area contributed by atoms with E-state index >= 15 is 0 Å². The van der Waals surface area contributed by atoms with Gasteiger partial charge in [0, 0.05) is 6.54 Å². The van der Waals surface area contributed by atoms with Gasteiger partial charge in [0.1, 0.15) is 12.4 Å². The fraction of sp³-hybridized carbons (Fsp3) is 0.167. The molecule has 0 saturated carbocycles. The maximum Gasteiger partial charge on any atom is 0.416 e. The number of anilines is 1. The summed E-state index contributed by atoms with van der Waals surface area (Å²) in [6.45, 7) is -0.145. The quantitative estimate of drug-likeness (QED) is 0.693. The van der Waals surface area contributed by atoms with Crippen molar-refractivity contribution in [2.24, 2.45) is 0 Å². The van der Waals surface area contributed by atoms with Crippen molar-refractivity contribution in [1.82, 2.24) is 9.97 Å². The Hall–Kier alpha value is -2.71. The number of nitrogens with zero attached hydrogens (tertiary/aromatic N) is 3. The molecule has 6 nitrogen and oxygen atoms in total. The van der Waals surface area contributed by atoms with Crippen LogP contribution < -0.4 is 5.32 Å².